The van der Waals surface area contributed by atoms with E-state index in [2.05, 4.69) is 126 Å². The van der Waals surface area contributed by atoms with Crippen LogP contribution in [-0.2, 0) is 71.6 Å². The van der Waals surface area contributed by atoms with Gasteiger partial charge in [-0.3, -0.25) is 0 Å². The summed E-state index contributed by atoms with van der Waals surface area (Å²) in [6.07, 6.45) is 0. The van der Waals surface area contributed by atoms with Crippen LogP contribution in [0.1, 0.15) is 0 Å². The van der Waals surface area contributed by atoms with Crippen LogP contribution in [0.25, 0.3) is 0 Å². The Morgan fingerprint density at radius 3 is 0.700 bits per heavy atom. The molecule has 1 aromatic rings. The molecule has 1 aromatic heterocycles. The quantitative estimate of drug-likeness (QED) is 0.157. The Bertz CT molecular complexity index is 257. The van der Waals surface area contributed by atoms with Crippen molar-refractivity contribution < 1.29 is 24.3 Å². The molecule has 0 unspecified atom stereocenters. The first-order chi connectivity index (χ1) is 8.43. The zero-order valence-corrected chi connectivity index (χ0v) is 19.4. The molecule has 16 heteroatoms. The predicted molar refractivity (Wildman–Crippen MR) is 111 cm³/mol. The van der Waals surface area contributed by atoms with E-state index in [-0.39, 0.29) is 38.3 Å². The molecule has 0 aliphatic carbocycles. The minimum atomic E-state index is 0. The van der Waals surface area contributed by atoms with Crippen LogP contribution < -0.4 is 22.9 Å². The van der Waals surface area contributed by atoms with Gasteiger partial charge in [0.15, 0.2) is 21.3 Å². The second kappa shape index (κ2) is 28.5. The summed E-state index contributed by atoms with van der Waals surface area (Å²) < 4.78 is 4.67. The molecular formula is C4H8MoN4OS10. The van der Waals surface area contributed by atoms with Crippen LogP contribution in [-0.4, -0.2) is 17.3 Å². The molecule has 0 spiro atoms. The molecule has 0 bridgehead atoms. The Kier molecular flexibility index (Phi) is 47.2. The van der Waals surface area contributed by atoms with Gasteiger partial charge in [-0.15, -0.1) is 0 Å². The Hall–Kier alpha value is 1.37. The molecule has 0 amide bonds. The van der Waals surface area contributed by atoms with Crippen molar-refractivity contribution in [1.29, 1.82) is 0 Å². The van der Waals surface area contributed by atoms with E-state index in [1.807, 2.05) is 0 Å². The van der Waals surface area contributed by atoms with E-state index in [1.54, 1.807) is 0 Å². The van der Waals surface area contributed by atoms with Gasteiger partial charge in [-0.2, -0.15) is 0 Å². The Labute approximate surface area is 183 Å². The predicted octanol–water partition coefficient (Wildman–Crippen LogP) is 0.508. The van der Waals surface area contributed by atoms with Crippen LogP contribution in [0.15, 0.2) is 3.28 Å². The molecule has 0 radical (unpaired) electrons. The van der Waals surface area contributed by atoms with Gasteiger partial charge in [-0.1, -0.05) is 17.3 Å². The molecule has 20 heavy (non-hydrogen) atoms. The molecule has 8 N–H and O–H groups in total. The maximum absolute atomic E-state index is 4.66. The van der Waals surface area contributed by atoms with E-state index in [0.29, 0.717) is 0 Å². The number of rotatable bonds is 0. The SMILES string of the molecule is NC(=S)[S-].NC(=S)[S-].NC(=S)[S-].NC(=S)[S-].[Mo+4].o1ss1. The molecule has 0 saturated carbocycles. The summed E-state index contributed by atoms with van der Waals surface area (Å²) in [5, 5.41) is 0. The molecule has 116 valence electrons. The van der Waals surface area contributed by atoms with Crippen molar-refractivity contribution in [3.8, 4) is 0 Å². The number of nitrogens with two attached hydrogens (primary N) is 4. The normalized spacial score (nSPS) is 6.00. The molecule has 0 atom stereocenters. The largest absolute Gasteiger partial charge is 4.00 e. The van der Waals surface area contributed by atoms with E-state index >= 15 is 0 Å². The van der Waals surface area contributed by atoms with Crippen molar-refractivity contribution >= 4 is 138 Å². The van der Waals surface area contributed by atoms with Crippen LogP contribution in [0.3, 0.4) is 0 Å². The Morgan fingerprint density at radius 1 is 0.650 bits per heavy atom. The average molecular weight is 545 g/mol. The Balaban J connectivity index is -0.0000000463. The maximum atomic E-state index is 4.66. The van der Waals surface area contributed by atoms with Gasteiger partial charge in [0.2, 0.25) is 0 Å². The fourth-order valence-corrected chi connectivity index (χ4v) is 0. The fourth-order valence-electron chi connectivity index (χ4n) is 0. The van der Waals surface area contributed by atoms with E-state index < -0.39 is 0 Å². The summed E-state index contributed by atoms with van der Waals surface area (Å²) >= 11 is 33.0. The molecule has 0 aliphatic heterocycles. The third kappa shape index (κ3) is 1170. The first kappa shape index (κ1) is 33.1. The second-order valence-corrected chi connectivity index (χ2v) is 7.67. The summed E-state index contributed by atoms with van der Waals surface area (Å²) in [6, 6.07) is 0. The van der Waals surface area contributed by atoms with E-state index in [0.717, 1.165) is 0 Å². The first-order valence-corrected chi connectivity index (χ1v) is 8.55. The van der Waals surface area contributed by atoms with E-state index in [9.17, 15) is 0 Å². The summed E-state index contributed by atoms with van der Waals surface area (Å²) in [5.41, 5.74) is 18.6. The molecule has 0 aromatic carbocycles. The second-order valence-electron chi connectivity index (χ2n) is 1.48. The molecule has 1 heterocycles. The summed E-state index contributed by atoms with van der Waals surface area (Å²) in [5.74, 6) is 0. The first-order valence-electron chi connectivity index (χ1n) is 3.29. The van der Waals surface area contributed by atoms with Crippen molar-refractivity contribution in [2.45, 2.75) is 0 Å². The molecular weight excluding hydrogens is 537 g/mol. The number of thiocarbonyl (C=S) groups is 4. The molecule has 0 aliphatic rings. The minimum Gasteiger partial charge on any atom is -0.415 e. The van der Waals surface area contributed by atoms with Crippen LogP contribution in [0.5, 0.6) is 0 Å². The summed E-state index contributed by atoms with van der Waals surface area (Å²) in [7, 11) is 2.83. The molecule has 5 nitrogen and oxygen atoms in total. The van der Waals surface area contributed by atoms with E-state index in [1.165, 1.54) is 21.3 Å². The maximum Gasteiger partial charge on any atom is 4.00 e. The Morgan fingerprint density at radius 2 is 0.700 bits per heavy atom. The van der Waals surface area contributed by atoms with Gasteiger partial charge in [0, 0.05) is 0 Å². The third-order valence-corrected chi connectivity index (χ3v) is 0.612. The van der Waals surface area contributed by atoms with Crippen LogP contribution in [0.2, 0.25) is 0 Å². The smallest absolute Gasteiger partial charge is 0.415 e. The van der Waals surface area contributed by atoms with Crippen LogP contribution in [0.4, 0.5) is 0 Å². The standard InChI is InChI=1S/4CH3NS2.Mo.OS2/c4*2-1(3)4;;1-2-3-1/h4*(H3,2,3,4);;/q;;;;+4;/p-4. The molecule has 1 rings (SSSR count). The van der Waals surface area contributed by atoms with E-state index in [4.69, 9.17) is 0 Å². The fraction of sp³-hybridized carbons (Fsp3) is 0. The molecule has 0 saturated heterocycles. The van der Waals surface area contributed by atoms with Crippen molar-refractivity contribution in [1.82, 2.24) is 0 Å². The van der Waals surface area contributed by atoms with Gasteiger partial charge in [0.05, 0.1) is 0 Å². The van der Waals surface area contributed by atoms with Crippen LogP contribution in [0, 0.1) is 0 Å². The minimum absolute atomic E-state index is 0. The van der Waals surface area contributed by atoms with Gasteiger partial charge in [-0.25, -0.2) is 0 Å². The van der Waals surface area contributed by atoms with Gasteiger partial charge in [0.25, 0.3) is 0 Å². The van der Waals surface area contributed by atoms with Gasteiger partial charge in [-0.05, 0) is 0 Å². The van der Waals surface area contributed by atoms with Crippen LogP contribution >= 0.6 is 70.1 Å². The van der Waals surface area contributed by atoms with Crippen molar-refractivity contribution in [3.63, 3.8) is 0 Å². The number of hydrogen-bond donors (Lipinski definition) is 4. The van der Waals surface area contributed by atoms with Crippen molar-refractivity contribution in [2.24, 2.45) is 22.9 Å². The van der Waals surface area contributed by atoms with Gasteiger partial charge >= 0.3 is 21.1 Å². The zero-order chi connectivity index (χ0) is 16.4. The average Bonchev–Trinajstić information content (AvgIpc) is 2.80. The monoisotopic (exact) mass is 546 g/mol. The summed E-state index contributed by atoms with van der Waals surface area (Å²) in [4.78, 5) is 0. The zero-order valence-electron chi connectivity index (χ0n) is 9.21. The van der Waals surface area contributed by atoms with Gasteiger partial charge < -0.3 is 126 Å². The number of hydrogen-bond acceptors (Lipinski definition) is 11. The van der Waals surface area contributed by atoms with Crippen molar-refractivity contribution in [2.75, 3.05) is 0 Å². The summed E-state index contributed by atoms with van der Waals surface area (Å²) in [6.45, 7) is 0. The topological polar surface area (TPSA) is 117 Å². The third-order valence-electron chi connectivity index (χ3n) is 0.0680. The molecule has 0 fully saturated rings. The van der Waals surface area contributed by atoms with Crippen molar-refractivity contribution in [3.05, 3.63) is 0 Å². The van der Waals surface area contributed by atoms with Gasteiger partial charge in [0.1, 0.15) is 0 Å².